The minimum atomic E-state index is 0.118. The van der Waals surface area contributed by atoms with E-state index in [1.54, 1.807) is 12.3 Å². The van der Waals surface area contributed by atoms with Crippen LogP contribution in [0.5, 0.6) is 0 Å². The molecule has 0 amide bonds. The van der Waals surface area contributed by atoms with Gasteiger partial charge in [0.05, 0.1) is 6.26 Å². The number of hydrogen-bond acceptors (Lipinski definition) is 2. The first-order valence-corrected chi connectivity index (χ1v) is 5.87. The summed E-state index contributed by atoms with van der Waals surface area (Å²) in [6, 6.07) is 17.2. The lowest BCUT2D eigenvalue weighted by atomic mass is 10.1. The molecular weight excluding hydrogens is 224 g/mol. The van der Waals surface area contributed by atoms with Crippen LogP contribution in [0.25, 0.3) is 11.3 Å². The number of Topliss-reactive ketones (excluding diaryl/α,β-unsaturated/α-hetero) is 1. The van der Waals surface area contributed by atoms with Crippen molar-refractivity contribution >= 4 is 5.78 Å². The summed E-state index contributed by atoms with van der Waals surface area (Å²) < 4.78 is 5.34. The minimum absolute atomic E-state index is 0.118. The van der Waals surface area contributed by atoms with E-state index in [1.807, 2.05) is 48.5 Å². The molecule has 1 aromatic carbocycles. The highest BCUT2D eigenvalue weighted by Gasteiger charge is 2.14. The van der Waals surface area contributed by atoms with E-state index in [0.29, 0.717) is 12.0 Å². The molecule has 0 bridgehead atoms. The molecular formula is C16H12O2. The van der Waals surface area contributed by atoms with E-state index < -0.39 is 0 Å². The largest absolute Gasteiger partial charge is 0.464 e. The molecule has 3 rings (SSSR count). The zero-order chi connectivity index (χ0) is 12.4. The average Bonchev–Trinajstić information content (AvgIpc) is 2.84. The van der Waals surface area contributed by atoms with Crippen LogP contribution < -0.4 is 0 Å². The van der Waals surface area contributed by atoms with E-state index >= 15 is 0 Å². The lowest BCUT2D eigenvalue weighted by Crippen LogP contribution is -2.01. The molecule has 0 radical (unpaired) electrons. The quantitative estimate of drug-likeness (QED) is 0.647. The number of rotatable bonds is 3. The molecule has 0 N–H and O–H groups in total. The van der Waals surface area contributed by atoms with Crippen LogP contribution in [0.2, 0.25) is 0 Å². The van der Waals surface area contributed by atoms with Gasteiger partial charge in [0.15, 0.2) is 5.78 Å². The molecule has 88 valence electrons. The van der Waals surface area contributed by atoms with E-state index in [2.05, 4.69) is 0 Å². The summed E-state index contributed by atoms with van der Waals surface area (Å²) in [6.45, 7) is 0. The molecule has 0 fully saturated rings. The van der Waals surface area contributed by atoms with Gasteiger partial charge in [0.2, 0.25) is 0 Å². The van der Waals surface area contributed by atoms with Crippen molar-refractivity contribution in [2.75, 3.05) is 0 Å². The van der Waals surface area contributed by atoms with Crippen LogP contribution in [0.1, 0.15) is 15.9 Å². The predicted octanol–water partition coefficient (Wildman–Crippen LogP) is 3.81. The number of hydrogen-bond donors (Lipinski definition) is 0. The monoisotopic (exact) mass is 236 g/mol. The van der Waals surface area contributed by atoms with Gasteiger partial charge in [-0.05, 0) is 29.8 Å². The zero-order valence-corrected chi connectivity index (χ0v) is 9.80. The highest BCUT2D eigenvalue weighted by Crippen LogP contribution is 2.26. The summed E-state index contributed by atoms with van der Waals surface area (Å²) in [6.07, 6.45) is 2.05. The summed E-state index contributed by atoms with van der Waals surface area (Å²) >= 11 is 0. The summed E-state index contributed by atoms with van der Waals surface area (Å²) in [4.78, 5) is 12.1. The lowest BCUT2D eigenvalue weighted by Gasteiger charge is -1.98. The van der Waals surface area contributed by atoms with Gasteiger partial charge >= 0.3 is 0 Å². The van der Waals surface area contributed by atoms with E-state index in [9.17, 15) is 4.79 Å². The molecule has 1 aliphatic heterocycles. The summed E-state index contributed by atoms with van der Waals surface area (Å²) in [7, 11) is 0. The average molecular weight is 236 g/mol. The molecule has 0 spiro atoms. The summed E-state index contributed by atoms with van der Waals surface area (Å²) in [5.41, 5.74) is 2.71. The molecule has 2 heteroatoms. The lowest BCUT2D eigenvalue weighted by molar-refractivity contribution is 0.0993. The van der Waals surface area contributed by atoms with Gasteiger partial charge in [-0.25, -0.2) is 0 Å². The van der Waals surface area contributed by atoms with Gasteiger partial charge in [-0.3, -0.25) is 4.79 Å². The molecule has 2 nitrogen and oxygen atoms in total. The van der Waals surface area contributed by atoms with Gasteiger partial charge in [-0.2, -0.15) is 0 Å². The number of fused-ring (bicyclic) bond motifs is 1. The number of benzene rings is 1. The second kappa shape index (κ2) is 4.49. The minimum Gasteiger partial charge on any atom is -0.464 e. The Balaban J connectivity index is 1.87. The smallest absolute Gasteiger partial charge is 0.167 e. The molecule has 0 aromatic heterocycles. The third-order valence-electron chi connectivity index (χ3n) is 2.96. The Morgan fingerprint density at radius 2 is 1.83 bits per heavy atom. The maximum absolute atomic E-state index is 12.1. The van der Waals surface area contributed by atoms with E-state index in [1.165, 1.54) is 0 Å². The van der Waals surface area contributed by atoms with Crippen molar-refractivity contribution in [2.24, 2.45) is 0 Å². The Bertz CT molecular complexity index is 607. The summed E-state index contributed by atoms with van der Waals surface area (Å²) in [5, 5.41) is 0. The van der Waals surface area contributed by atoms with Crippen molar-refractivity contribution in [1.82, 2.24) is 0 Å². The van der Waals surface area contributed by atoms with Crippen molar-refractivity contribution in [2.45, 2.75) is 6.42 Å². The highest BCUT2D eigenvalue weighted by molar-refractivity contribution is 6.00. The number of carbonyl (C=O) groups is 1. The van der Waals surface area contributed by atoms with Crippen molar-refractivity contribution in [1.29, 1.82) is 0 Å². The van der Waals surface area contributed by atoms with E-state index in [-0.39, 0.29) is 5.78 Å². The second-order valence-electron chi connectivity index (χ2n) is 4.26. The first-order valence-electron chi connectivity index (χ1n) is 5.87. The Hall–Kier alpha value is -2.35. The third-order valence-corrected chi connectivity index (χ3v) is 2.96. The molecule has 0 saturated carbocycles. The van der Waals surface area contributed by atoms with Gasteiger partial charge in [-0.15, -0.1) is 0 Å². The molecule has 1 aromatic rings. The van der Waals surface area contributed by atoms with Crippen LogP contribution in [-0.2, 0) is 6.42 Å². The van der Waals surface area contributed by atoms with Crippen LogP contribution in [0.4, 0.5) is 0 Å². The Labute approximate surface area is 105 Å². The second-order valence-corrected chi connectivity index (χ2v) is 4.26. The maximum atomic E-state index is 12.1. The normalized spacial score (nSPS) is 10.7. The van der Waals surface area contributed by atoms with Gasteiger partial charge in [0.25, 0.3) is 0 Å². The molecule has 2 aliphatic rings. The van der Waals surface area contributed by atoms with Gasteiger partial charge in [0.1, 0.15) is 5.76 Å². The van der Waals surface area contributed by atoms with Crippen LogP contribution in [-0.4, -0.2) is 5.78 Å². The van der Waals surface area contributed by atoms with Crippen molar-refractivity contribution < 1.29 is 9.21 Å². The fourth-order valence-electron chi connectivity index (χ4n) is 2.04. The van der Waals surface area contributed by atoms with Crippen LogP contribution in [0.15, 0.2) is 65.3 Å². The van der Waals surface area contributed by atoms with Crippen molar-refractivity contribution in [3.8, 4) is 11.3 Å². The van der Waals surface area contributed by atoms with Crippen molar-refractivity contribution in [3.63, 3.8) is 0 Å². The van der Waals surface area contributed by atoms with Gasteiger partial charge in [0, 0.05) is 17.5 Å². The Morgan fingerprint density at radius 3 is 2.61 bits per heavy atom. The van der Waals surface area contributed by atoms with E-state index in [0.717, 1.165) is 16.9 Å². The standard InChI is InChI=1S/C16H12O2/c17-15(9-12-5-2-1-3-6-12)14-10-13-7-4-8-18-16(13)11-14/h1-8,10-11H,9H2. The van der Waals surface area contributed by atoms with Crippen LogP contribution >= 0.6 is 0 Å². The molecule has 0 saturated heterocycles. The SMILES string of the molecule is O=C(Cc1ccccc1)c1cc2cccoc-2c1. The molecule has 0 atom stereocenters. The first kappa shape index (κ1) is 10.8. The summed E-state index contributed by atoms with van der Waals surface area (Å²) in [5.74, 6) is 0.876. The highest BCUT2D eigenvalue weighted by atomic mass is 16.3. The molecule has 1 heterocycles. The molecule has 0 unspecified atom stereocenters. The van der Waals surface area contributed by atoms with Gasteiger partial charge < -0.3 is 4.42 Å². The van der Waals surface area contributed by atoms with Crippen LogP contribution in [0.3, 0.4) is 0 Å². The Morgan fingerprint density at radius 1 is 1.00 bits per heavy atom. The molecule has 1 aliphatic carbocycles. The third kappa shape index (κ3) is 2.05. The van der Waals surface area contributed by atoms with Crippen molar-refractivity contribution in [3.05, 3.63) is 72.0 Å². The maximum Gasteiger partial charge on any atom is 0.167 e. The first-order chi connectivity index (χ1) is 8.83. The van der Waals surface area contributed by atoms with Gasteiger partial charge in [-0.1, -0.05) is 30.3 Å². The Kier molecular flexibility index (Phi) is 2.69. The topological polar surface area (TPSA) is 30.2 Å². The number of carbonyl (C=O) groups excluding carboxylic acids is 1. The number of ketones is 1. The molecule has 18 heavy (non-hydrogen) atoms. The fourth-order valence-corrected chi connectivity index (χ4v) is 2.04. The predicted molar refractivity (Wildman–Crippen MR) is 69.8 cm³/mol. The van der Waals surface area contributed by atoms with Crippen LogP contribution in [0, 0.1) is 0 Å². The van der Waals surface area contributed by atoms with E-state index in [4.69, 9.17) is 4.42 Å². The zero-order valence-electron chi connectivity index (χ0n) is 9.80. The fraction of sp³-hybridized carbons (Fsp3) is 0.0625.